The molecule has 0 saturated heterocycles. The van der Waals surface area contributed by atoms with Crippen LogP contribution in [0.5, 0.6) is 0 Å². The van der Waals surface area contributed by atoms with E-state index in [-0.39, 0.29) is 17.7 Å². The number of terminal acetylenes is 1. The van der Waals surface area contributed by atoms with E-state index in [1.807, 2.05) is 232 Å². The predicted octanol–water partition coefficient (Wildman–Crippen LogP) is 11.6. The van der Waals surface area contributed by atoms with Crippen molar-refractivity contribution in [2.75, 3.05) is 0 Å². The van der Waals surface area contributed by atoms with Crippen molar-refractivity contribution < 1.29 is 0 Å². The van der Waals surface area contributed by atoms with E-state index in [0.29, 0.717) is 39.1 Å². The summed E-state index contributed by atoms with van der Waals surface area (Å²) >= 11 is 0. The molecule has 8 nitrogen and oxygen atoms in total. The summed E-state index contributed by atoms with van der Waals surface area (Å²) < 4.78 is 3.28. The number of hydrogen-bond acceptors (Lipinski definition) is 6. The Labute approximate surface area is 395 Å². The van der Waals surface area contributed by atoms with Crippen LogP contribution in [0.1, 0.15) is 51.1 Å². The molecule has 0 aliphatic carbocycles. The maximum atomic E-state index is 13.8. The van der Waals surface area contributed by atoms with E-state index in [1.165, 1.54) is 0 Å². The zero-order chi connectivity index (χ0) is 46.8. The number of aliphatic imine (C=N–C) groups is 2. The fourth-order valence-electron chi connectivity index (χ4n) is 8.31. The summed E-state index contributed by atoms with van der Waals surface area (Å²) in [6, 6.07) is 69.7. The number of fused-ring (bicyclic) bond motifs is 2. The normalized spacial score (nSPS) is 11.2. The Morgan fingerprint density at radius 3 is 1.31 bits per heavy atom. The number of aromatic nitrogens is 4. The van der Waals surface area contributed by atoms with Gasteiger partial charge in [0.2, 0.25) is 0 Å². The van der Waals surface area contributed by atoms with Crippen LogP contribution >= 0.6 is 0 Å². The van der Waals surface area contributed by atoms with Crippen LogP contribution in [0.4, 0.5) is 0 Å². The lowest BCUT2D eigenvalue weighted by Crippen LogP contribution is -2.26. The van der Waals surface area contributed by atoms with Crippen LogP contribution in [0.2, 0.25) is 0 Å². The topological polar surface area (TPSA) is 94.5 Å². The smallest absolute Gasteiger partial charge is 0.266 e. The first-order valence-electron chi connectivity index (χ1n) is 22.3. The van der Waals surface area contributed by atoms with E-state index >= 15 is 0 Å². The fourth-order valence-corrected chi connectivity index (χ4v) is 8.31. The molecule has 0 amide bonds. The molecule has 328 valence electrons. The molecule has 2 aromatic heterocycles. The van der Waals surface area contributed by atoms with Gasteiger partial charge in [0.25, 0.3) is 11.1 Å². The van der Waals surface area contributed by atoms with Crippen molar-refractivity contribution in [1.29, 1.82) is 0 Å². The molecule has 1 atom stereocenters. The van der Waals surface area contributed by atoms with Crippen LogP contribution < -0.4 is 11.1 Å². The zero-order valence-corrected chi connectivity index (χ0v) is 37.6. The number of nitrogens with zero attached hydrogens (tertiary/aromatic N) is 6. The Kier molecular flexibility index (Phi) is 13.3. The molecule has 0 spiro atoms. The summed E-state index contributed by atoms with van der Waals surface area (Å²) in [6.07, 6.45) is 6.07. The third-order valence-corrected chi connectivity index (χ3v) is 11.6. The monoisotopic (exact) mass is 882 g/mol. The molecule has 0 fully saturated rings. The first-order chi connectivity index (χ1) is 33.4. The minimum atomic E-state index is -0.789. The van der Waals surface area contributed by atoms with Gasteiger partial charge in [0, 0.05) is 22.3 Å². The number of hydrogen-bond donors (Lipinski definition) is 0. The number of aryl methyl sites for hydroxylation is 2. The average Bonchev–Trinajstić information content (AvgIpc) is 3.38. The Hall–Kier alpha value is -9.06. The highest BCUT2D eigenvalue weighted by Crippen LogP contribution is 2.25. The Balaban J connectivity index is 0.000000170. The van der Waals surface area contributed by atoms with Crippen molar-refractivity contribution >= 4 is 33.2 Å². The van der Waals surface area contributed by atoms with Gasteiger partial charge in [-0.1, -0.05) is 188 Å². The molecule has 1 unspecified atom stereocenters. The number of benzene rings is 8. The van der Waals surface area contributed by atoms with Gasteiger partial charge in [-0.25, -0.2) is 9.97 Å². The second-order valence-corrected chi connectivity index (χ2v) is 16.1. The number of rotatable bonds is 10. The van der Waals surface area contributed by atoms with Crippen LogP contribution in [0, 0.1) is 26.2 Å². The Morgan fingerprint density at radius 2 is 0.868 bits per heavy atom. The molecule has 8 heteroatoms. The summed E-state index contributed by atoms with van der Waals surface area (Å²) in [5, 5.41) is 1.21. The van der Waals surface area contributed by atoms with E-state index in [2.05, 4.69) is 5.92 Å². The minimum Gasteiger partial charge on any atom is -0.276 e. The van der Waals surface area contributed by atoms with Gasteiger partial charge in [-0.3, -0.25) is 28.7 Å². The Bertz CT molecular complexity index is 3500. The van der Waals surface area contributed by atoms with E-state index < -0.39 is 6.04 Å². The molecule has 68 heavy (non-hydrogen) atoms. The molecule has 0 bridgehead atoms. The van der Waals surface area contributed by atoms with Crippen molar-refractivity contribution in [3.8, 4) is 23.7 Å². The van der Waals surface area contributed by atoms with E-state index in [0.717, 1.165) is 50.5 Å². The lowest BCUT2D eigenvalue weighted by Gasteiger charge is -2.18. The van der Waals surface area contributed by atoms with Gasteiger partial charge in [0.1, 0.15) is 5.82 Å². The van der Waals surface area contributed by atoms with Gasteiger partial charge in [-0.2, -0.15) is 0 Å². The lowest BCUT2D eigenvalue weighted by molar-refractivity contribution is 0.765. The molecular formula is C60H46N6O2. The van der Waals surface area contributed by atoms with Crippen LogP contribution in [0.25, 0.3) is 33.2 Å². The van der Waals surface area contributed by atoms with E-state index in [4.69, 9.17) is 26.4 Å². The van der Waals surface area contributed by atoms with Crippen LogP contribution in [0.15, 0.2) is 238 Å². The molecule has 0 saturated carbocycles. The van der Waals surface area contributed by atoms with Gasteiger partial charge in [0.05, 0.1) is 51.1 Å². The first-order valence-corrected chi connectivity index (χ1v) is 22.3. The molecule has 0 radical (unpaired) electrons. The number of para-hydroxylation sites is 2. The molecule has 10 aromatic rings. The van der Waals surface area contributed by atoms with Gasteiger partial charge in [-0.05, 0) is 61.4 Å². The van der Waals surface area contributed by atoms with Crippen LogP contribution in [0.3, 0.4) is 0 Å². The van der Waals surface area contributed by atoms with Crippen molar-refractivity contribution in [2.24, 2.45) is 9.98 Å². The summed E-state index contributed by atoms with van der Waals surface area (Å²) in [4.78, 5) is 47.2. The predicted molar refractivity (Wildman–Crippen MR) is 276 cm³/mol. The second-order valence-electron chi connectivity index (χ2n) is 16.1. The summed E-state index contributed by atoms with van der Waals surface area (Å²) in [6.45, 7) is 4.13. The molecule has 2 heterocycles. The van der Waals surface area contributed by atoms with Gasteiger partial charge in [-0.15, -0.1) is 6.42 Å². The second kappa shape index (κ2) is 20.4. The SMILES string of the molecule is C#CC(N=C(c1ccccc1)c1ccccc1)c1nc2cccc(C)c2c(=O)n1-c1ccccc1.Cc1cccc2nc(CN=C(c3ccccc3)c3ccccc3)n(-c3ccccc3)c(=O)c12. The average molecular weight is 883 g/mol. The van der Waals surface area contributed by atoms with Crippen LogP contribution in [-0.4, -0.2) is 30.5 Å². The summed E-state index contributed by atoms with van der Waals surface area (Å²) in [7, 11) is 0. The van der Waals surface area contributed by atoms with Gasteiger partial charge in [0.15, 0.2) is 11.9 Å². The van der Waals surface area contributed by atoms with E-state index in [1.54, 1.807) is 9.13 Å². The highest BCUT2D eigenvalue weighted by Gasteiger charge is 2.22. The van der Waals surface area contributed by atoms with Crippen molar-refractivity contribution in [1.82, 2.24) is 19.1 Å². The molecule has 10 rings (SSSR count). The van der Waals surface area contributed by atoms with Crippen LogP contribution in [-0.2, 0) is 6.54 Å². The molecule has 0 N–H and O–H groups in total. The fraction of sp³-hybridized carbons (Fsp3) is 0.0667. The minimum absolute atomic E-state index is 0.0736. The third kappa shape index (κ3) is 9.36. The van der Waals surface area contributed by atoms with Crippen molar-refractivity contribution in [3.63, 3.8) is 0 Å². The summed E-state index contributed by atoms with van der Waals surface area (Å²) in [5.41, 5.74) is 9.85. The Morgan fingerprint density at radius 1 is 0.485 bits per heavy atom. The molecule has 0 aliphatic heterocycles. The third-order valence-electron chi connectivity index (χ3n) is 11.6. The van der Waals surface area contributed by atoms with E-state index in [9.17, 15) is 9.59 Å². The lowest BCUT2D eigenvalue weighted by atomic mass is 10.0. The van der Waals surface area contributed by atoms with Gasteiger partial charge < -0.3 is 0 Å². The van der Waals surface area contributed by atoms with Crippen molar-refractivity contribution in [2.45, 2.75) is 26.4 Å². The maximum absolute atomic E-state index is 13.8. The highest BCUT2D eigenvalue weighted by atomic mass is 16.1. The highest BCUT2D eigenvalue weighted by molar-refractivity contribution is 6.13. The first kappa shape index (κ1) is 44.2. The molecule has 0 aliphatic rings. The quantitative estimate of drug-likeness (QED) is 0.101. The maximum Gasteiger partial charge on any atom is 0.266 e. The zero-order valence-electron chi connectivity index (χ0n) is 37.6. The van der Waals surface area contributed by atoms with Gasteiger partial charge >= 0.3 is 0 Å². The largest absolute Gasteiger partial charge is 0.276 e. The summed E-state index contributed by atoms with van der Waals surface area (Å²) in [5.74, 6) is 3.81. The molecule has 8 aromatic carbocycles. The van der Waals surface area contributed by atoms with Crippen molar-refractivity contribution in [3.05, 3.63) is 284 Å². The standard InChI is InChI=1S/C31H23N3O.C29H23N3O/c1-3-26(32-29(23-15-7-4-8-16-23)24-17-9-5-10-18-24)30-33-27-21-13-14-22(2)28(27)31(35)34(30)25-19-11-6-12-20-25;1-21-12-11-19-25-27(21)29(33)32(24-17-9-4-10-18-24)26(31-25)20-30-28(22-13-5-2-6-14-22)23-15-7-3-8-16-23/h1,4-21,26H,2H3;2-19H,20H2,1H3. The molecular weight excluding hydrogens is 837 g/mol.